The van der Waals surface area contributed by atoms with Gasteiger partial charge in [-0.1, -0.05) is 25.1 Å². The van der Waals surface area contributed by atoms with E-state index < -0.39 is 0 Å². The average molecular weight is 280 g/mol. The van der Waals surface area contributed by atoms with Crippen molar-refractivity contribution in [3.8, 4) is 0 Å². The Labute approximate surface area is 124 Å². The van der Waals surface area contributed by atoms with Crippen molar-refractivity contribution in [2.24, 2.45) is 7.05 Å². The van der Waals surface area contributed by atoms with Crippen molar-refractivity contribution in [2.75, 3.05) is 5.32 Å². The van der Waals surface area contributed by atoms with E-state index in [9.17, 15) is 0 Å². The first kappa shape index (κ1) is 13.6. The predicted octanol–water partition coefficient (Wildman–Crippen LogP) is 3.45. The third-order valence-electron chi connectivity index (χ3n) is 3.64. The molecule has 21 heavy (non-hydrogen) atoms. The Morgan fingerprint density at radius 2 is 2.05 bits per heavy atom. The van der Waals surface area contributed by atoms with Crippen LogP contribution in [0.15, 0.2) is 36.5 Å². The summed E-state index contributed by atoms with van der Waals surface area (Å²) in [7, 11) is 1.95. The maximum Gasteiger partial charge on any atom is 0.0853 e. The van der Waals surface area contributed by atoms with Crippen molar-refractivity contribution < 1.29 is 0 Å². The Morgan fingerprint density at radius 3 is 2.86 bits per heavy atom. The molecule has 4 nitrogen and oxygen atoms in total. The Balaban J connectivity index is 1.91. The first-order valence-electron chi connectivity index (χ1n) is 7.29. The fourth-order valence-corrected chi connectivity index (χ4v) is 2.67. The summed E-state index contributed by atoms with van der Waals surface area (Å²) in [4.78, 5) is 4.58. The van der Waals surface area contributed by atoms with Gasteiger partial charge in [-0.15, -0.1) is 0 Å². The van der Waals surface area contributed by atoms with E-state index in [0.717, 1.165) is 35.6 Å². The summed E-state index contributed by atoms with van der Waals surface area (Å²) in [6, 6.07) is 10.4. The molecule has 3 aromatic rings. The molecule has 0 aliphatic heterocycles. The second kappa shape index (κ2) is 5.56. The van der Waals surface area contributed by atoms with Crippen LogP contribution in [0.3, 0.4) is 0 Å². The Kier molecular flexibility index (Phi) is 3.60. The number of nitrogens with zero attached hydrogens (tertiary/aromatic N) is 3. The first-order valence-corrected chi connectivity index (χ1v) is 7.29. The molecule has 0 amide bonds. The summed E-state index contributed by atoms with van der Waals surface area (Å²) < 4.78 is 1.86. The van der Waals surface area contributed by atoms with E-state index in [4.69, 9.17) is 0 Å². The van der Waals surface area contributed by atoms with E-state index in [1.165, 1.54) is 10.9 Å². The lowest BCUT2D eigenvalue weighted by Crippen LogP contribution is -2.02. The standard InChI is InChI=1S/C17H20N4/c1-4-15-17(11-21(3)20-15)18-10-13-9-12(2)19-16-8-6-5-7-14(13)16/h5-9,11,18H,4,10H2,1-3H3. The number of hydrogen-bond acceptors (Lipinski definition) is 3. The van der Waals surface area contributed by atoms with Crippen LogP contribution in [-0.4, -0.2) is 14.8 Å². The van der Waals surface area contributed by atoms with Crippen molar-refractivity contribution >= 4 is 16.6 Å². The van der Waals surface area contributed by atoms with E-state index in [2.05, 4.69) is 46.6 Å². The summed E-state index contributed by atoms with van der Waals surface area (Å²) >= 11 is 0. The molecule has 0 fully saturated rings. The highest BCUT2D eigenvalue weighted by molar-refractivity contribution is 5.82. The highest BCUT2D eigenvalue weighted by Crippen LogP contribution is 2.21. The SMILES string of the molecule is CCc1nn(C)cc1NCc1cc(C)nc2ccccc12. The number of aromatic nitrogens is 3. The molecular weight excluding hydrogens is 260 g/mol. The summed E-state index contributed by atoms with van der Waals surface area (Å²) in [5.41, 5.74) is 5.58. The fraction of sp³-hybridized carbons (Fsp3) is 0.294. The molecule has 0 saturated heterocycles. The molecule has 0 saturated carbocycles. The fourth-order valence-electron chi connectivity index (χ4n) is 2.67. The summed E-state index contributed by atoms with van der Waals surface area (Å²) in [6.07, 6.45) is 2.97. The topological polar surface area (TPSA) is 42.7 Å². The van der Waals surface area contributed by atoms with Crippen LogP contribution in [0.4, 0.5) is 5.69 Å². The lowest BCUT2D eigenvalue weighted by atomic mass is 10.1. The Hall–Kier alpha value is -2.36. The van der Waals surface area contributed by atoms with Crippen molar-refractivity contribution in [3.05, 3.63) is 53.5 Å². The van der Waals surface area contributed by atoms with E-state index in [1.54, 1.807) is 0 Å². The first-order chi connectivity index (χ1) is 10.2. The number of anilines is 1. The van der Waals surface area contributed by atoms with Gasteiger partial charge in [-0.05, 0) is 31.0 Å². The van der Waals surface area contributed by atoms with E-state index in [0.29, 0.717) is 0 Å². The monoisotopic (exact) mass is 280 g/mol. The number of para-hydroxylation sites is 1. The quantitative estimate of drug-likeness (QED) is 0.796. The number of pyridine rings is 1. The minimum atomic E-state index is 0.780. The number of benzene rings is 1. The van der Waals surface area contributed by atoms with Gasteiger partial charge in [-0.3, -0.25) is 9.67 Å². The van der Waals surface area contributed by atoms with Crippen LogP contribution in [0.2, 0.25) is 0 Å². The summed E-state index contributed by atoms with van der Waals surface area (Å²) in [5, 5.41) is 9.18. The Bertz CT molecular complexity index is 774. The third kappa shape index (κ3) is 2.75. The molecule has 0 spiro atoms. The number of rotatable bonds is 4. The zero-order chi connectivity index (χ0) is 14.8. The van der Waals surface area contributed by atoms with Crippen molar-refractivity contribution in [1.29, 1.82) is 0 Å². The largest absolute Gasteiger partial charge is 0.378 e. The number of nitrogens with one attached hydrogen (secondary N) is 1. The zero-order valence-electron chi connectivity index (χ0n) is 12.7. The number of aryl methyl sites for hydroxylation is 3. The van der Waals surface area contributed by atoms with E-state index in [1.807, 2.05) is 30.9 Å². The minimum absolute atomic E-state index is 0.780. The van der Waals surface area contributed by atoms with E-state index in [-0.39, 0.29) is 0 Å². The van der Waals surface area contributed by atoms with Crippen LogP contribution < -0.4 is 5.32 Å². The molecule has 2 aromatic heterocycles. The second-order valence-electron chi connectivity index (χ2n) is 5.31. The molecule has 2 heterocycles. The smallest absolute Gasteiger partial charge is 0.0853 e. The van der Waals surface area contributed by atoms with Gasteiger partial charge >= 0.3 is 0 Å². The van der Waals surface area contributed by atoms with Crippen molar-refractivity contribution in [2.45, 2.75) is 26.8 Å². The van der Waals surface area contributed by atoms with Gasteiger partial charge in [0, 0.05) is 30.9 Å². The molecule has 4 heteroatoms. The maximum atomic E-state index is 4.58. The minimum Gasteiger partial charge on any atom is -0.378 e. The lowest BCUT2D eigenvalue weighted by molar-refractivity contribution is 0.746. The predicted molar refractivity (Wildman–Crippen MR) is 86.4 cm³/mol. The molecule has 0 bridgehead atoms. The zero-order valence-corrected chi connectivity index (χ0v) is 12.7. The van der Waals surface area contributed by atoms with Gasteiger partial charge in [0.15, 0.2) is 0 Å². The summed E-state index contributed by atoms with van der Waals surface area (Å²) in [6.45, 7) is 4.94. The van der Waals surface area contributed by atoms with Gasteiger partial charge < -0.3 is 5.32 Å². The molecule has 1 aromatic carbocycles. The molecule has 108 valence electrons. The molecule has 1 N–H and O–H groups in total. The average Bonchev–Trinajstić information content (AvgIpc) is 2.84. The third-order valence-corrected chi connectivity index (χ3v) is 3.64. The molecule has 0 aliphatic carbocycles. The van der Waals surface area contributed by atoms with E-state index >= 15 is 0 Å². The van der Waals surface area contributed by atoms with Gasteiger partial charge in [0.2, 0.25) is 0 Å². The van der Waals surface area contributed by atoms with Crippen LogP contribution in [0.25, 0.3) is 10.9 Å². The van der Waals surface area contributed by atoms with Gasteiger partial charge in [-0.25, -0.2) is 0 Å². The lowest BCUT2D eigenvalue weighted by Gasteiger charge is -2.10. The van der Waals surface area contributed by atoms with Crippen LogP contribution in [0, 0.1) is 6.92 Å². The van der Waals surface area contributed by atoms with Crippen LogP contribution in [0.5, 0.6) is 0 Å². The van der Waals surface area contributed by atoms with Gasteiger partial charge in [0.1, 0.15) is 0 Å². The highest BCUT2D eigenvalue weighted by Gasteiger charge is 2.07. The molecular formula is C17H20N4. The van der Waals surface area contributed by atoms with Crippen molar-refractivity contribution in [3.63, 3.8) is 0 Å². The number of fused-ring (bicyclic) bond motifs is 1. The van der Waals surface area contributed by atoms with Crippen LogP contribution >= 0.6 is 0 Å². The second-order valence-corrected chi connectivity index (χ2v) is 5.31. The summed E-state index contributed by atoms with van der Waals surface area (Å²) in [5.74, 6) is 0. The highest BCUT2D eigenvalue weighted by atomic mass is 15.3. The molecule has 0 unspecified atom stereocenters. The van der Waals surface area contributed by atoms with Gasteiger partial charge in [0.05, 0.1) is 16.9 Å². The normalized spacial score (nSPS) is 11.0. The maximum absolute atomic E-state index is 4.58. The number of hydrogen-bond donors (Lipinski definition) is 1. The van der Waals surface area contributed by atoms with Crippen LogP contribution in [-0.2, 0) is 20.0 Å². The molecule has 0 aliphatic rings. The Morgan fingerprint density at radius 1 is 1.24 bits per heavy atom. The molecule has 3 rings (SSSR count). The molecule has 0 atom stereocenters. The molecule has 0 radical (unpaired) electrons. The van der Waals surface area contributed by atoms with Gasteiger partial charge in [-0.2, -0.15) is 5.10 Å². The van der Waals surface area contributed by atoms with Crippen molar-refractivity contribution in [1.82, 2.24) is 14.8 Å². The van der Waals surface area contributed by atoms with Crippen LogP contribution in [0.1, 0.15) is 23.9 Å². The van der Waals surface area contributed by atoms with Gasteiger partial charge in [0.25, 0.3) is 0 Å².